The summed E-state index contributed by atoms with van der Waals surface area (Å²) in [6.45, 7) is 4.27. The highest BCUT2D eigenvalue weighted by Crippen LogP contribution is 2.31. The van der Waals surface area contributed by atoms with E-state index in [2.05, 4.69) is 9.84 Å². The predicted molar refractivity (Wildman–Crippen MR) is 86.5 cm³/mol. The van der Waals surface area contributed by atoms with E-state index < -0.39 is 41.0 Å². The number of likely N-dealkylation sites (tertiary alicyclic amines) is 1. The van der Waals surface area contributed by atoms with Crippen LogP contribution in [0.3, 0.4) is 0 Å². The van der Waals surface area contributed by atoms with Crippen molar-refractivity contribution in [2.75, 3.05) is 19.7 Å². The minimum atomic E-state index is -4.63. The standard InChI is InChI=1S/C15H21F3N4O5/c1-14(2,3)27-13(23)20-6-4-10(5-7-20)21-8-11(22(24)25)12(19-21)26-9-15(16,17)18/h8,10H,4-7,9H2,1-3H3. The van der Waals surface area contributed by atoms with Crippen LogP contribution >= 0.6 is 0 Å². The summed E-state index contributed by atoms with van der Waals surface area (Å²) in [6, 6.07) is -0.300. The summed E-state index contributed by atoms with van der Waals surface area (Å²) in [5.74, 6) is -0.674. The van der Waals surface area contributed by atoms with Crippen LogP contribution in [0, 0.1) is 10.1 Å². The summed E-state index contributed by atoms with van der Waals surface area (Å²) >= 11 is 0. The normalized spacial score (nSPS) is 16.3. The summed E-state index contributed by atoms with van der Waals surface area (Å²) in [5, 5.41) is 14.8. The summed E-state index contributed by atoms with van der Waals surface area (Å²) in [6.07, 6.45) is -3.18. The lowest BCUT2D eigenvalue weighted by molar-refractivity contribution is -0.386. The van der Waals surface area contributed by atoms with Crippen molar-refractivity contribution < 1.29 is 32.4 Å². The summed E-state index contributed by atoms with van der Waals surface area (Å²) in [4.78, 5) is 23.8. The van der Waals surface area contributed by atoms with Crippen LogP contribution in [0.4, 0.5) is 23.7 Å². The lowest BCUT2D eigenvalue weighted by Gasteiger charge is -2.33. The van der Waals surface area contributed by atoms with Crippen molar-refractivity contribution in [1.82, 2.24) is 14.7 Å². The Balaban J connectivity index is 2.03. The monoisotopic (exact) mass is 394 g/mol. The van der Waals surface area contributed by atoms with Crippen LogP contribution in [0.1, 0.15) is 39.7 Å². The molecule has 0 spiro atoms. The van der Waals surface area contributed by atoms with Gasteiger partial charge in [0.1, 0.15) is 11.8 Å². The first-order valence-corrected chi connectivity index (χ1v) is 8.27. The molecule has 27 heavy (non-hydrogen) atoms. The molecule has 1 aliphatic rings. The molecule has 1 saturated heterocycles. The van der Waals surface area contributed by atoms with E-state index in [1.807, 2.05) is 0 Å². The second-order valence-corrected chi connectivity index (χ2v) is 7.16. The fraction of sp³-hybridized carbons (Fsp3) is 0.733. The summed E-state index contributed by atoms with van der Waals surface area (Å²) in [7, 11) is 0. The Morgan fingerprint density at radius 3 is 2.41 bits per heavy atom. The van der Waals surface area contributed by atoms with Crippen LogP contribution in [-0.2, 0) is 4.74 Å². The molecule has 1 aliphatic heterocycles. The van der Waals surface area contributed by atoms with E-state index in [0.717, 1.165) is 6.20 Å². The Bertz CT molecular complexity index is 691. The van der Waals surface area contributed by atoms with Gasteiger partial charge in [0, 0.05) is 13.1 Å². The number of halogens is 3. The Morgan fingerprint density at radius 1 is 1.33 bits per heavy atom. The summed E-state index contributed by atoms with van der Waals surface area (Å²) < 4.78 is 47.9. The van der Waals surface area contributed by atoms with E-state index in [1.165, 1.54) is 9.58 Å². The number of ether oxygens (including phenoxy) is 2. The van der Waals surface area contributed by atoms with Crippen molar-refractivity contribution >= 4 is 11.8 Å². The van der Waals surface area contributed by atoms with Crippen LogP contribution in [-0.4, -0.2) is 57.2 Å². The van der Waals surface area contributed by atoms with Gasteiger partial charge in [-0.15, -0.1) is 5.10 Å². The van der Waals surface area contributed by atoms with E-state index >= 15 is 0 Å². The van der Waals surface area contributed by atoms with Crippen LogP contribution < -0.4 is 4.74 Å². The van der Waals surface area contributed by atoms with E-state index in [-0.39, 0.29) is 6.04 Å². The van der Waals surface area contributed by atoms with Gasteiger partial charge in [-0.25, -0.2) is 4.79 Å². The average Bonchev–Trinajstić information content (AvgIpc) is 2.95. The van der Waals surface area contributed by atoms with Gasteiger partial charge < -0.3 is 14.4 Å². The number of aromatic nitrogens is 2. The molecule has 1 aromatic rings. The topological polar surface area (TPSA) is 99.7 Å². The lowest BCUT2D eigenvalue weighted by Crippen LogP contribution is -2.42. The second kappa shape index (κ2) is 7.61. The van der Waals surface area contributed by atoms with Crippen molar-refractivity contribution in [3.8, 4) is 5.88 Å². The maximum Gasteiger partial charge on any atom is 0.422 e. The average molecular weight is 394 g/mol. The first-order valence-electron chi connectivity index (χ1n) is 8.27. The van der Waals surface area contributed by atoms with Gasteiger partial charge >= 0.3 is 23.8 Å². The highest BCUT2D eigenvalue weighted by atomic mass is 19.4. The molecule has 152 valence electrons. The minimum absolute atomic E-state index is 0.300. The number of rotatable bonds is 4. The molecule has 0 atom stereocenters. The Kier molecular flexibility index (Phi) is 5.85. The van der Waals surface area contributed by atoms with Crippen LogP contribution in [0.25, 0.3) is 0 Å². The molecular weight excluding hydrogens is 373 g/mol. The largest absolute Gasteiger partial charge is 0.462 e. The van der Waals surface area contributed by atoms with Crippen LogP contribution in [0.15, 0.2) is 6.20 Å². The number of piperidine rings is 1. The first kappa shape index (κ1) is 20.8. The number of hydrogen-bond donors (Lipinski definition) is 0. The van der Waals surface area contributed by atoms with Crippen LogP contribution in [0.5, 0.6) is 5.88 Å². The fourth-order valence-electron chi connectivity index (χ4n) is 2.57. The predicted octanol–water partition coefficient (Wildman–Crippen LogP) is 3.30. The number of hydrogen-bond acceptors (Lipinski definition) is 6. The van der Waals surface area contributed by atoms with Crippen molar-refractivity contribution in [3.63, 3.8) is 0 Å². The molecule has 0 saturated carbocycles. The van der Waals surface area contributed by atoms with Gasteiger partial charge in [-0.1, -0.05) is 0 Å². The highest BCUT2D eigenvalue weighted by molar-refractivity contribution is 5.68. The molecule has 9 nitrogen and oxygen atoms in total. The number of amides is 1. The zero-order valence-electron chi connectivity index (χ0n) is 15.2. The number of carbonyl (C=O) groups is 1. The molecule has 12 heteroatoms. The molecular formula is C15H21F3N4O5. The minimum Gasteiger partial charge on any atom is -0.462 e. The molecule has 1 amide bonds. The third kappa shape index (κ3) is 6.00. The zero-order valence-corrected chi connectivity index (χ0v) is 15.2. The van der Waals surface area contributed by atoms with Crippen molar-refractivity contribution in [1.29, 1.82) is 0 Å². The van der Waals surface area contributed by atoms with Gasteiger partial charge in [-0.05, 0) is 33.6 Å². The van der Waals surface area contributed by atoms with Gasteiger partial charge in [-0.3, -0.25) is 14.8 Å². The first-order chi connectivity index (χ1) is 12.4. The Hall–Kier alpha value is -2.53. The van der Waals surface area contributed by atoms with E-state index in [1.54, 1.807) is 20.8 Å². The molecule has 0 N–H and O–H groups in total. The number of nitro groups is 1. The molecule has 0 aromatic carbocycles. The third-order valence-electron chi connectivity index (χ3n) is 3.74. The Labute approximate surface area is 153 Å². The molecule has 0 radical (unpaired) electrons. The van der Waals surface area contributed by atoms with Crippen molar-refractivity contribution in [3.05, 3.63) is 16.3 Å². The van der Waals surface area contributed by atoms with Gasteiger partial charge in [-0.2, -0.15) is 13.2 Å². The van der Waals surface area contributed by atoms with E-state index in [0.29, 0.717) is 25.9 Å². The third-order valence-corrected chi connectivity index (χ3v) is 3.74. The number of carbonyl (C=O) groups excluding carboxylic acids is 1. The molecule has 1 aromatic heterocycles. The maximum atomic E-state index is 12.3. The smallest absolute Gasteiger partial charge is 0.422 e. The second-order valence-electron chi connectivity index (χ2n) is 7.16. The number of nitrogens with zero attached hydrogens (tertiary/aromatic N) is 4. The highest BCUT2D eigenvalue weighted by Gasteiger charge is 2.33. The molecule has 2 heterocycles. The van der Waals surface area contributed by atoms with Crippen molar-refractivity contribution in [2.24, 2.45) is 0 Å². The van der Waals surface area contributed by atoms with E-state index in [9.17, 15) is 28.1 Å². The molecule has 0 unspecified atom stereocenters. The summed E-state index contributed by atoms with van der Waals surface area (Å²) in [5.41, 5.74) is -1.25. The fourth-order valence-corrected chi connectivity index (χ4v) is 2.57. The number of alkyl halides is 3. The van der Waals surface area contributed by atoms with Gasteiger partial charge in [0.25, 0.3) is 0 Å². The molecule has 1 fully saturated rings. The van der Waals surface area contributed by atoms with E-state index in [4.69, 9.17) is 4.74 Å². The van der Waals surface area contributed by atoms with Gasteiger partial charge in [0.2, 0.25) is 0 Å². The molecule has 0 aliphatic carbocycles. The van der Waals surface area contributed by atoms with Crippen LogP contribution in [0.2, 0.25) is 0 Å². The molecule has 2 rings (SSSR count). The van der Waals surface area contributed by atoms with Gasteiger partial charge in [0.05, 0.1) is 11.0 Å². The zero-order chi connectivity index (χ0) is 20.4. The molecule has 0 bridgehead atoms. The van der Waals surface area contributed by atoms with Gasteiger partial charge in [0.15, 0.2) is 6.61 Å². The SMILES string of the molecule is CC(C)(C)OC(=O)N1CCC(n2cc([N+](=O)[O-])c(OCC(F)(F)F)n2)CC1. The van der Waals surface area contributed by atoms with Crippen molar-refractivity contribution in [2.45, 2.75) is 51.4 Å². The quantitative estimate of drug-likeness (QED) is 0.574. The Morgan fingerprint density at radius 2 is 1.93 bits per heavy atom. The maximum absolute atomic E-state index is 12.3. The lowest BCUT2D eigenvalue weighted by atomic mass is 10.1.